The molecular weight excluding hydrogens is 849 g/mol. The number of aliphatic hydroxyl groups excluding tert-OH is 6. The molecule has 11 N–H and O–H groups in total. The molecule has 2 aliphatic heterocycles. The number of aromatic hydroxyl groups is 1. The lowest BCUT2D eigenvalue weighted by Crippen LogP contribution is -2.56. The van der Waals surface area contributed by atoms with Crippen LogP contribution in [0.25, 0.3) is 0 Å². The third-order valence-corrected chi connectivity index (χ3v) is 14.5. The number of unbranched alkanes of at least 4 members (excludes halogenated alkanes) is 1. The first-order valence-corrected chi connectivity index (χ1v) is 25.1. The number of phenols is 1. The summed E-state index contributed by atoms with van der Waals surface area (Å²) in [6, 6.07) is 11.0. The maximum Gasteiger partial charge on any atom is 0.303 e. The molecule has 2 aromatic rings. The van der Waals surface area contributed by atoms with Crippen LogP contribution in [0.5, 0.6) is 5.75 Å². The highest BCUT2D eigenvalue weighted by Crippen LogP contribution is 2.39. The molecule has 2 heterocycles. The number of aryl methyl sites for hydroxylation is 2. The predicted octanol–water partition coefficient (Wildman–Crippen LogP) is 6.43. The number of phenolic OH excluding ortho intramolecular Hbond substituents is 1. The summed E-state index contributed by atoms with van der Waals surface area (Å²) in [6.07, 6.45) is 5.78. The van der Waals surface area contributed by atoms with Gasteiger partial charge >= 0.3 is 5.97 Å². The van der Waals surface area contributed by atoms with E-state index < -0.39 is 72.6 Å². The van der Waals surface area contributed by atoms with Gasteiger partial charge in [0.15, 0.2) is 0 Å². The van der Waals surface area contributed by atoms with Crippen LogP contribution in [-0.2, 0) is 17.6 Å². The number of carbonyl (C=O) groups is 1. The van der Waals surface area contributed by atoms with Gasteiger partial charge in [-0.3, -0.25) is 4.79 Å². The minimum absolute atomic E-state index is 0.00248. The number of allylic oxidation sites excluding steroid dienone is 2. The van der Waals surface area contributed by atoms with Gasteiger partial charge in [-0.15, -0.1) is 0 Å². The molecule has 0 aliphatic carbocycles. The van der Waals surface area contributed by atoms with Gasteiger partial charge in [0.2, 0.25) is 0 Å². The van der Waals surface area contributed by atoms with Crippen molar-refractivity contribution in [1.82, 2.24) is 10.6 Å². The fraction of sp³-hybridized carbons (Fsp3) is 0.655. The molecule has 1 fully saturated rings. The van der Waals surface area contributed by atoms with Crippen molar-refractivity contribution in [3.05, 3.63) is 88.0 Å². The zero-order valence-corrected chi connectivity index (χ0v) is 41.1. The van der Waals surface area contributed by atoms with Gasteiger partial charge in [-0.2, -0.15) is 0 Å². The first kappa shape index (κ1) is 56.0. The monoisotopic (exact) mass is 933 g/mol. The van der Waals surface area contributed by atoms with E-state index in [4.69, 9.17) is 0 Å². The van der Waals surface area contributed by atoms with E-state index in [0.29, 0.717) is 50.0 Å². The van der Waals surface area contributed by atoms with E-state index in [1.165, 1.54) is 0 Å². The number of carboxylic acids is 1. The molecule has 2 aromatic carbocycles. The molecule has 2 aliphatic rings. The van der Waals surface area contributed by atoms with Crippen molar-refractivity contribution in [2.75, 3.05) is 13.2 Å². The Morgan fingerprint density at radius 1 is 0.955 bits per heavy atom. The van der Waals surface area contributed by atoms with Crippen LogP contribution in [-0.4, -0.2) is 119 Å². The van der Waals surface area contributed by atoms with Crippen molar-refractivity contribution in [2.45, 2.75) is 198 Å². The second kappa shape index (κ2) is 27.5. The van der Waals surface area contributed by atoms with Gasteiger partial charge in [-0.05, 0) is 136 Å². The van der Waals surface area contributed by atoms with Gasteiger partial charge < -0.3 is 56.6 Å². The second-order valence-corrected chi connectivity index (χ2v) is 20.1. The zero-order valence-electron chi connectivity index (χ0n) is 41.1. The quantitative estimate of drug-likeness (QED) is 0.0543. The van der Waals surface area contributed by atoms with E-state index >= 15 is 0 Å². The van der Waals surface area contributed by atoms with E-state index in [1.54, 1.807) is 18.2 Å². The van der Waals surface area contributed by atoms with E-state index in [-0.39, 0.29) is 56.4 Å². The van der Waals surface area contributed by atoms with Gasteiger partial charge in [0.05, 0.1) is 43.0 Å². The summed E-state index contributed by atoms with van der Waals surface area (Å²) >= 11 is 0. The molecular formula is C55H84N2O10. The van der Waals surface area contributed by atoms with E-state index in [9.17, 15) is 50.8 Å². The van der Waals surface area contributed by atoms with Crippen LogP contribution >= 0.6 is 0 Å². The van der Waals surface area contributed by atoms with Crippen molar-refractivity contribution < 1.29 is 50.8 Å². The lowest BCUT2D eigenvalue weighted by Gasteiger charge is -2.43. The predicted molar refractivity (Wildman–Crippen MR) is 264 cm³/mol. The number of rotatable bonds is 23. The molecule has 12 unspecified atom stereocenters. The molecule has 0 aromatic heterocycles. The smallest absolute Gasteiger partial charge is 0.303 e. The molecule has 4 rings (SSSR count). The van der Waals surface area contributed by atoms with Crippen molar-refractivity contribution >= 4 is 5.97 Å². The standard InChI is InChI=1S/C55H84N2O10/c1-7-9-15-49(62)50(63)29-24-39-21-20-38-13-10-12-37(8-2)44(38)14-11-16-52(55(6,67)47(27-17-35(3)4)40-22-25-42(60)26-23-40)57-48(45(39)31-43(61)34-59)28-30-51(64)54-46(32-53(65)66)41(33-58)19-18-36(5)56-54/h10,12-13,22-26,29,35-36,41,43,46-52,54,56-64,67H,7-9,15-21,27-28,30-34H2,1-6H3,(H,65,66). The maximum absolute atomic E-state index is 13.2. The molecule has 0 radical (unpaired) electrons. The second-order valence-electron chi connectivity index (χ2n) is 20.1. The third kappa shape index (κ3) is 16.5. The third-order valence-electron chi connectivity index (χ3n) is 14.5. The number of benzene rings is 2. The Kier molecular flexibility index (Phi) is 23.0. The van der Waals surface area contributed by atoms with Gasteiger partial charge in [-0.1, -0.05) is 101 Å². The molecule has 1 saturated heterocycles. The van der Waals surface area contributed by atoms with Crippen LogP contribution in [0, 0.1) is 29.6 Å². The molecule has 0 spiro atoms. The number of aliphatic hydroxyl groups is 7. The molecule has 12 atom stereocenters. The summed E-state index contributed by atoms with van der Waals surface area (Å²) < 4.78 is 0. The van der Waals surface area contributed by atoms with Crippen molar-refractivity contribution in [3.8, 4) is 17.6 Å². The lowest BCUT2D eigenvalue weighted by atomic mass is 9.73. The minimum Gasteiger partial charge on any atom is -0.508 e. The van der Waals surface area contributed by atoms with Crippen LogP contribution < -0.4 is 10.6 Å². The number of hydrogen-bond donors (Lipinski definition) is 11. The van der Waals surface area contributed by atoms with Crippen LogP contribution in [0.3, 0.4) is 0 Å². The Morgan fingerprint density at radius 2 is 1.69 bits per heavy atom. The Labute approximate surface area is 400 Å². The fourth-order valence-electron chi connectivity index (χ4n) is 10.3. The minimum atomic E-state index is -1.48. The number of hydrogen-bond acceptors (Lipinski definition) is 11. The van der Waals surface area contributed by atoms with Crippen LogP contribution in [0.4, 0.5) is 0 Å². The van der Waals surface area contributed by atoms with Gasteiger partial charge in [0.1, 0.15) is 5.75 Å². The molecule has 67 heavy (non-hydrogen) atoms. The average Bonchev–Trinajstić information content (AvgIpc) is 3.45. The largest absolute Gasteiger partial charge is 0.508 e. The van der Waals surface area contributed by atoms with Crippen molar-refractivity contribution in [1.29, 1.82) is 0 Å². The highest BCUT2D eigenvalue weighted by Gasteiger charge is 2.43. The first-order chi connectivity index (χ1) is 31.9. The Hall–Kier alpha value is -3.61. The number of fused-ring (bicyclic) bond motifs is 1. The fourth-order valence-corrected chi connectivity index (χ4v) is 10.3. The van der Waals surface area contributed by atoms with Crippen molar-refractivity contribution in [2.24, 2.45) is 17.8 Å². The zero-order chi connectivity index (χ0) is 49.3. The number of nitrogens with one attached hydrogen (secondary N) is 2. The van der Waals surface area contributed by atoms with E-state index in [0.717, 1.165) is 53.5 Å². The van der Waals surface area contributed by atoms with Gasteiger partial charge in [0.25, 0.3) is 0 Å². The number of aliphatic carboxylic acids is 1. The normalized spacial score (nSPS) is 25.1. The molecule has 0 saturated carbocycles. The number of carboxylic acid groups (broad SMARTS) is 1. The summed E-state index contributed by atoms with van der Waals surface area (Å²) in [6.45, 7) is 11.4. The van der Waals surface area contributed by atoms with Crippen molar-refractivity contribution in [3.63, 3.8) is 0 Å². The summed E-state index contributed by atoms with van der Waals surface area (Å²) in [5, 5.41) is 108. The Balaban J connectivity index is 2.00. The average molecular weight is 933 g/mol. The highest BCUT2D eigenvalue weighted by atomic mass is 16.4. The summed E-state index contributed by atoms with van der Waals surface area (Å²) in [7, 11) is 0. The van der Waals surface area contributed by atoms with Gasteiger partial charge in [-0.25, -0.2) is 0 Å². The van der Waals surface area contributed by atoms with Crippen LogP contribution in [0.15, 0.2) is 65.8 Å². The Morgan fingerprint density at radius 3 is 2.33 bits per heavy atom. The maximum atomic E-state index is 13.2. The summed E-state index contributed by atoms with van der Waals surface area (Å²) in [5.41, 5.74) is 3.83. The summed E-state index contributed by atoms with van der Waals surface area (Å²) in [4.78, 5) is 12.3. The Bertz CT molecular complexity index is 1940. The van der Waals surface area contributed by atoms with Crippen LogP contribution in [0.2, 0.25) is 0 Å². The molecule has 0 bridgehead atoms. The van der Waals surface area contributed by atoms with E-state index in [1.807, 2.05) is 45.0 Å². The summed E-state index contributed by atoms with van der Waals surface area (Å²) in [5.74, 6) is 5.08. The van der Waals surface area contributed by atoms with E-state index in [2.05, 4.69) is 55.4 Å². The molecule has 0 amide bonds. The molecule has 374 valence electrons. The highest BCUT2D eigenvalue weighted by molar-refractivity contribution is 5.67. The van der Waals surface area contributed by atoms with Crippen LogP contribution in [0.1, 0.15) is 153 Å². The SMILES string of the molecule is CCCCC(O)C(O)C=CC1=C(CC(O)CO)C(CCC(O)C2NC(C)CCC(CO)C2CC(=O)O)NC(C(C)(O)C(CCC(C)C)c2ccc(O)cc2)CC#Cc2c(CC)cccc2CC1. The van der Waals surface area contributed by atoms with Gasteiger partial charge in [0, 0.05) is 48.7 Å². The molecule has 12 heteroatoms. The first-order valence-electron chi connectivity index (χ1n) is 25.1. The topological polar surface area (TPSA) is 223 Å². The lowest BCUT2D eigenvalue weighted by molar-refractivity contribution is -0.139. The molecule has 12 nitrogen and oxygen atoms in total.